The van der Waals surface area contributed by atoms with Crippen molar-refractivity contribution in [1.29, 1.82) is 0 Å². The molecule has 2 atom stereocenters. The van der Waals surface area contributed by atoms with Gasteiger partial charge in [0, 0.05) is 11.8 Å². The molecule has 3 heteroatoms. The molecule has 0 saturated heterocycles. The van der Waals surface area contributed by atoms with Crippen LogP contribution in [0.1, 0.15) is 67.2 Å². The Bertz CT molecular complexity index is 294. The van der Waals surface area contributed by atoms with Crippen molar-refractivity contribution in [2.24, 2.45) is 11.3 Å². The quantitative estimate of drug-likeness (QED) is 0.552. The molecule has 0 aliphatic heterocycles. The van der Waals surface area contributed by atoms with Crippen LogP contribution in [0.5, 0.6) is 0 Å². The third-order valence-corrected chi connectivity index (χ3v) is 3.65. The zero-order valence-electron chi connectivity index (χ0n) is 12.7. The minimum absolute atomic E-state index is 0.142. The van der Waals surface area contributed by atoms with Gasteiger partial charge < -0.3 is 0 Å². The van der Waals surface area contributed by atoms with Crippen LogP contribution in [0.25, 0.3) is 0 Å². The van der Waals surface area contributed by atoms with Crippen LogP contribution >= 0.6 is 0 Å². The summed E-state index contributed by atoms with van der Waals surface area (Å²) in [6.45, 7) is 12.4. The SMILES string of the molecule is CCCC(C)(C)OOC1C(=O)CC(C)CC1(C)C. The largest absolute Gasteiger partial charge is 0.297 e. The molecule has 0 bridgehead atoms. The van der Waals surface area contributed by atoms with E-state index in [1.165, 1.54) is 0 Å². The summed E-state index contributed by atoms with van der Waals surface area (Å²) in [5.74, 6) is 0.613. The van der Waals surface area contributed by atoms with Crippen molar-refractivity contribution in [3.05, 3.63) is 0 Å². The molecule has 0 aromatic heterocycles. The van der Waals surface area contributed by atoms with Crippen molar-refractivity contribution in [2.75, 3.05) is 0 Å². The molecule has 0 amide bonds. The highest BCUT2D eigenvalue weighted by Crippen LogP contribution is 2.39. The van der Waals surface area contributed by atoms with Crippen LogP contribution < -0.4 is 0 Å². The van der Waals surface area contributed by atoms with Crippen LogP contribution in [-0.2, 0) is 14.6 Å². The van der Waals surface area contributed by atoms with Crippen molar-refractivity contribution in [3.8, 4) is 0 Å². The molecule has 0 aromatic rings. The molecule has 1 saturated carbocycles. The smallest absolute Gasteiger partial charge is 0.165 e. The van der Waals surface area contributed by atoms with Gasteiger partial charge >= 0.3 is 0 Å². The molecule has 3 nitrogen and oxygen atoms in total. The predicted molar refractivity (Wildman–Crippen MR) is 72.1 cm³/mol. The fourth-order valence-electron chi connectivity index (χ4n) is 2.97. The average molecular weight is 256 g/mol. The zero-order valence-corrected chi connectivity index (χ0v) is 12.7. The van der Waals surface area contributed by atoms with Crippen molar-refractivity contribution >= 4 is 5.78 Å². The van der Waals surface area contributed by atoms with E-state index in [0.717, 1.165) is 19.3 Å². The maximum Gasteiger partial charge on any atom is 0.165 e. The van der Waals surface area contributed by atoms with Gasteiger partial charge in [-0.05, 0) is 32.6 Å². The van der Waals surface area contributed by atoms with Gasteiger partial charge in [-0.2, -0.15) is 0 Å². The summed E-state index contributed by atoms with van der Waals surface area (Å²) in [7, 11) is 0. The summed E-state index contributed by atoms with van der Waals surface area (Å²) in [5, 5.41) is 0. The predicted octanol–water partition coefficient (Wildman–Crippen LogP) is 3.91. The molecule has 106 valence electrons. The lowest BCUT2D eigenvalue weighted by molar-refractivity contribution is -0.385. The molecular weight excluding hydrogens is 228 g/mol. The maximum atomic E-state index is 12.1. The number of ketones is 1. The van der Waals surface area contributed by atoms with E-state index in [4.69, 9.17) is 9.78 Å². The number of carbonyl (C=O) groups is 1. The monoisotopic (exact) mass is 256 g/mol. The summed E-state index contributed by atoms with van der Waals surface area (Å²) >= 11 is 0. The molecule has 2 unspecified atom stereocenters. The number of hydrogen-bond donors (Lipinski definition) is 0. The van der Waals surface area contributed by atoms with E-state index in [1.54, 1.807) is 0 Å². The first-order chi connectivity index (χ1) is 8.18. The van der Waals surface area contributed by atoms with Crippen molar-refractivity contribution < 1.29 is 14.6 Å². The van der Waals surface area contributed by atoms with E-state index in [9.17, 15) is 4.79 Å². The first-order valence-electron chi connectivity index (χ1n) is 7.05. The van der Waals surface area contributed by atoms with E-state index < -0.39 is 6.10 Å². The summed E-state index contributed by atoms with van der Waals surface area (Å²) < 4.78 is 0. The van der Waals surface area contributed by atoms with Gasteiger partial charge in [0.2, 0.25) is 0 Å². The highest BCUT2D eigenvalue weighted by Gasteiger charge is 2.43. The minimum Gasteiger partial charge on any atom is -0.297 e. The molecular formula is C15H28O3. The lowest BCUT2D eigenvalue weighted by Gasteiger charge is -2.40. The van der Waals surface area contributed by atoms with Gasteiger partial charge in [0.1, 0.15) is 0 Å². The van der Waals surface area contributed by atoms with Crippen LogP contribution in [0, 0.1) is 11.3 Å². The molecule has 1 fully saturated rings. The Morgan fingerprint density at radius 3 is 2.50 bits per heavy atom. The van der Waals surface area contributed by atoms with Gasteiger partial charge in [0.05, 0.1) is 5.60 Å². The van der Waals surface area contributed by atoms with E-state index >= 15 is 0 Å². The first kappa shape index (κ1) is 15.6. The molecule has 1 rings (SSSR count). The third-order valence-electron chi connectivity index (χ3n) is 3.65. The maximum absolute atomic E-state index is 12.1. The summed E-state index contributed by atoms with van der Waals surface area (Å²) in [5.41, 5.74) is -0.467. The number of rotatable bonds is 5. The number of Topliss-reactive ketones (excluding diaryl/α,β-unsaturated/α-hetero) is 1. The van der Waals surface area contributed by atoms with Gasteiger partial charge in [-0.3, -0.25) is 4.79 Å². The van der Waals surface area contributed by atoms with Crippen LogP contribution in [0.3, 0.4) is 0 Å². The lowest BCUT2D eigenvalue weighted by atomic mass is 9.70. The fraction of sp³-hybridized carbons (Fsp3) is 0.933. The van der Waals surface area contributed by atoms with E-state index in [1.807, 2.05) is 13.8 Å². The Morgan fingerprint density at radius 2 is 2.00 bits per heavy atom. The molecule has 0 spiro atoms. The van der Waals surface area contributed by atoms with Crippen molar-refractivity contribution in [2.45, 2.75) is 78.9 Å². The van der Waals surface area contributed by atoms with Crippen LogP contribution in [-0.4, -0.2) is 17.5 Å². The van der Waals surface area contributed by atoms with Gasteiger partial charge in [0.25, 0.3) is 0 Å². The second-order valence-electron chi connectivity index (χ2n) is 7.04. The van der Waals surface area contributed by atoms with Crippen molar-refractivity contribution in [1.82, 2.24) is 0 Å². The van der Waals surface area contributed by atoms with E-state index in [-0.39, 0.29) is 16.8 Å². The van der Waals surface area contributed by atoms with Gasteiger partial charge in [-0.15, -0.1) is 0 Å². The Hall–Kier alpha value is -0.410. The Labute approximate surface area is 111 Å². The zero-order chi connectivity index (χ0) is 14.0. The molecule has 1 aliphatic rings. The highest BCUT2D eigenvalue weighted by atomic mass is 17.2. The van der Waals surface area contributed by atoms with Gasteiger partial charge in [-0.25, -0.2) is 9.78 Å². The van der Waals surface area contributed by atoms with E-state index in [2.05, 4.69) is 27.7 Å². The number of hydrogen-bond acceptors (Lipinski definition) is 3. The van der Waals surface area contributed by atoms with Gasteiger partial charge in [-0.1, -0.05) is 34.1 Å². The van der Waals surface area contributed by atoms with Crippen LogP contribution in [0.2, 0.25) is 0 Å². The Kier molecular flexibility index (Phi) is 4.96. The summed E-state index contributed by atoms with van der Waals surface area (Å²) in [4.78, 5) is 23.1. The Morgan fingerprint density at radius 1 is 1.39 bits per heavy atom. The minimum atomic E-state index is -0.426. The topological polar surface area (TPSA) is 35.5 Å². The Balaban J connectivity index is 2.62. The first-order valence-corrected chi connectivity index (χ1v) is 7.05. The molecule has 0 heterocycles. The molecule has 0 N–H and O–H groups in total. The number of carbonyl (C=O) groups excluding carboxylic acids is 1. The molecule has 0 radical (unpaired) electrons. The molecule has 0 aromatic carbocycles. The van der Waals surface area contributed by atoms with Crippen LogP contribution in [0.4, 0.5) is 0 Å². The van der Waals surface area contributed by atoms with Crippen molar-refractivity contribution in [3.63, 3.8) is 0 Å². The highest BCUT2D eigenvalue weighted by molar-refractivity contribution is 5.84. The average Bonchev–Trinajstić information content (AvgIpc) is 2.13. The lowest BCUT2D eigenvalue weighted by Crippen LogP contribution is -2.46. The van der Waals surface area contributed by atoms with E-state index in [0.29, 0.717) is 12.3 Å². The fourth-order valence-corrected chi connectivity index (χ4v) is 2.97. The third kappa shape index (κ3) is 4.06. The second kappa shape index (κ2) is 5.70. The van der Waals surface area contributed by atoms with Crippen LogP contribution in [0.15, 0.2) is 0 Å². The molecule has 1 aliphatic carbocycles. The molecule has 18 heavy (non-hydrogen) atoms. The van der Waals surface area contributed by atoms with Gasteiger partial charge in [0.15, 0.2) is 11.9 Å². The second-order valence-corrected chi connectivity index (χ2v) is 7.04. The normalized spacial score (nSPS) is 28.4. The standard InChI is InChI=1S/C15H28O3/c1-7-8-15(5,6)18-17-13-12(16)9-11(2)10-14(13,3)4/h11,13H,7-10H2,1-6H3. The summed E-state index contributed by atoms with van der Waals surface area (Å²) in [6.07, 6.45) is 3.14. The summed E-state index contributed by atoms with van der Waals surface area (Å²) in [6, 6.07) is 0.